The van der Waals surface area contributed by atoms with Crippen molar-refractivity contribution in [2.24, 2.45) is 10.9 Å². The van der Waals surface area contributed by atoms with Gasteiger partial charge >= 0.3 is 0 Å². The number of aliphatic imine (C=N–C) groups is 1. The van der Waals surface area contributed by atoms with E-state index in [0.29, 0.717) is 5.92 Å². The van der Waals surface area contributed by atoms with Gasteiger partial charge in [0.2, 0.25) is 0 Å². The first kappa shape index (κ1) is 17.6. The SMILES string of the molecule is CCC(CC)CNC(=NC)NCc1ccc(N2CCCC2)nc1. The van der Waals surface area contributed by atoms with Crippen LogP contribution in [0, 0.1) is 5.92 Å². The minimum Gasteiger partial charge on any atom is -0.357 e. The molecule has 0 radical (unpaired) electrons. The van der Waals surface area contributed by atoms with Crippen LogP contribution in [0.1, 0.15) is 45.1 Å². The van der Waals surface area contributed by atoms with Crippen molar-refractivity contribution in [3.05, 3.63) is 23.9 Å². The third-order valence-electron chi connectivity index (χ3n) is 4.64. The summed E-state index contributed by atoms with van der Waals surface area (Å²) in [5.41, 5.74) is 1.18. The number of hydrogen-bond acceptors (Lipinski definition) is 3. The Bertz CT molecular complexity index is 473. The average molecular weight is 317 g/mol. The molecule has 0 aliphatic carbocycles. The van der Waals surface area contributed by atoms with E-state index < -0.39 is 0 Å². The van der Waals surface area contributed by atoms with E-state index in [4.69, 9.17) is 0 Å². The quantitative estimate of drug-likeness (QED) is 0.600. The van der Waals surface area contributed by atoms with Crippen LogP contribution in [0.5, 0.6) is 0 Å². The molecule has 2 rings (SSSR count). The van der Waals surface area contributed by atoms with E-state index in [1.807, 2.05) is 13.2 Å². The second-order valence-corrected chi connectivity index (χ2v) is 6.21. The highest BCUT2D eigenvalue weighted by atomic mass is 15.2. The Morgan fingerprint density at radius 1 is 1.22 bits per heavy atom. The van der Waals surface area contributed by atoms with Gasteiger partial charge in [-0.3, -0.25) is 4.99 Å². The highest BCUT2D eigenvalue weighted by molar-refractivity contribution is 5.79. The first-order valence-corrected chi connectivity index (χ1v) is 8.91. The van der Waals surface area contributed by atoms with E-state index in [1.165, 1.54) is 31.2 Å². The molecule has 5 heteroatoms. The smallest absolute Gasteiger partial charge is 0.191 e. The lowest BCUT2D eigenvalue weighted by Gasteiger charge is -2.18. The van der Waals surface area contributed by atoms with Gasteiger partial charge in [0.05, 0.1) is 0 Å². The highest BCUT2D eigenvalue weighted by Gasteiger charge is 2.13. The van der Waals surface area contributed by atoms with Crippen LogP contribution in [-0.2, 0) is 6.54 Å². The lowest BCUT2D eigenvalue weighted by atomic mass is 10.0. The molecule has 0 unspecified atom stereocenters. The molecule has 0 aromatic carbocycles. The van der Waals surface area contributed by atoms with E-state index in [0.717, 1.165) is 38.0 Å². The molecule has 0 amide bonds. The maximum atomic E-state index is 4.59. The van der Waals surface area contributed by atoms with Crippen molar-refractivity contribution in [3.8, 4) is 0 Å². The third-order valence-corrected chi connectivity index (χ3v) is 4.64. The summed E-state index contributed by atoms with van der Waals surface area (Å²) in [6.45, 7) is 8.46. The summed E-state index contributed by atoms with van der Waals surface area (Å²) in [6.07, 6.45) is 6.92. The standard InChI is InChI=1S/C18H31N5/c1-4-15(5-2)12-21-18(19-3)22-14-16-8-9-17(20-13-16)23-10-6-7-11-23/h8-9,13,15H,4-7,10-12,14H2,1-3H3,(H2,19,21,22). The first-order valence-electron chi connectivity index (χ1n) is 8.91. The number of pyridine rings is 1. The lowest BCUT2D eigenvalue weighted by molar-refractivity contribution is 0.481. The van der Waals surface area contributed by atoms with Gasteiger partial charge in [0.1, 0.15) is 5.82 Å². The third kappa shape index (κ3) is 5.41. The molecule has 1 aliphatic heterocycles. The fourth-order valence-electron chi connectivity index (χ4n) is 2.88. The van der Waals surface area contributed by atoms with Crippen molar-refractivity contribution >= 4 is 11.8 Å². The highest BCUT2D eigenvalue weighted by Crippen LogP contribution is 2.17. The molecule has 0 bridgehead atoms. The van der Waals surface area contributed by atoms with Crippen LogP contribution in [0.3, 0.4) is 0 Å². The lowest BCUT2D eigenvalue weighted by Crippen LogP contribution is -2.39. The van der Waals surface area contributed by atoms with Gasteiger partial charge in [0, 0.05) is 39.4 Å². The van der Waals surface area contributed by atoms with Crippen molar-refractivity contribution in [3.63, 3.8) is 0 Å². The van der Waals surface area contributed by atoms with Crippen LogP contribution in [0.25, 0.3) is 0 Å². The molecule has 1 aromatic heterocycles. The Labute approximate surface area is 140 Å². The van der Waals surface area contributed by atoms with Gasteiger partial charge in [0.15, 0.2) is 5.96 Å². The van der Waals surface area contributed by atoms with Crippen LogP contribution in [0.15, 0.2) is 23.3 Å². The Morgan fingerprint density at radius 2 is 1.96 bits per heavy atom. The van der Waals surface area contributed by atoms with E-state index >= 15 is 0 Å². The molecule has 1 aliphatic rings. The Kier molecular flexibility index (Phi) is 7.17. The molecular weight excluding hydrogens is 286 g/mol. The van der Waals surface area contributed by atoms with Gasteiger partial charge in [-0.1, -0.05) is 32.8 Å². The predicted molar refractivity (Wildman–Crippen MR) is 98.0 cm³/mol. The number of nitrogens with one attached hydrogen (secondary N) is 2. The summed E-state index contributed by atoms with van der Waals surface area (Å²) in [5.74, 6) is 2.66. The van der Waals surface area contributed by atoms with Crippen LogP contribution < -0.4 is 15.5 Å². The molecule has 0 spiro atoms. The normalized spacial score (nSPS) is 15.3. The Morgan fingerprint density at radius 3 is 2.52 bits per heavy atom. The van der Waals surface area contributed by atoms with E-state index in [9.17, 15) is 0 Å². The maximum Gasteiger partial charge on any atom is 0.191 e. The van der Waals surface area contributed by atoms with Crippen molar-refractivity contribution < 1.29 is 0 Å². The fourth-order valence-corrected chi connectivity index (χ4v) is 2.88. The Hall–Kier alpha value is -1.78. The monoisotopic (exact) mass is 317 g/mol. The van der Waals surface area contributed by atoms with Crippen molar-refractivity contribution in [1.82, 2.24) is 15.6 Å². The zero-order valence-electron chi connectivity index (χ0n) is 14.8. The van der Waals surface area contributed by atoms with Gasteiger partial charge in [-0.25, -0.2) is 4.98 Å². The zero-order valence-corrected chi connectivity index (χ0v) is 14.8. The predicted octanol–water partition coefficient (Wildman–Crippen LogP) is 2.78. The molecule has 5 nitrogen and oxygen atoms in total. The molecule has 2 N–H and O–H groups in total. The van der Waals surface area contributed by atoms with Crippen molar-refractivity contribution in [2.45, 2.75) is 46.1 Å². The van der Waals surface area contributed by atoms with Crippen LogP contribution in [0.4, 0.5) is 5.82 Å². The molecule has 23 heavy (non-hydrogen) atoms. The van der Waals surface area contributed by atoms with Crippen LogP contribution in [0.2, 0.25) is 0 Å². The van der Waals surface area contributed by atoms with Crippen molar-refractivity contribution in [2.75, 3.05) is 31.6 Å². The second-order valence-electron chi connectivity index (χ2n) is 6.21. The largest absolute Gasteiger partial charge is 0.357 e. The summed E-state index contributed by atoms with van der Waals surface area (Å²) < 4.78 is 0. The number of hydrogen-bond donors (Lipinski definition) is 2. The second kappa shape index (κ2) is 9.38. The van der Waals surface area contributed by atoms with Crippen LogP contribution in [-0.4, -0.2) is 37.6 Å². The average Bonchev–Trinajstić information content (AvgIpc) is 3.13. The number of anilines is 1. The number of guanidine groups is 1. The molecule has 1 fully saturated rings. The van der Waals surface area contributed by atoms with E-state index in [-0.39, 0.29) is 0 Å². The summed E-state index contributed by atoms with van der Waals surface area (Å²) in [5, 5.41) is 6.77. The molecule has 2 heterocycles. The van der Waals surface area contributed by atoms with E-state index in [2.05, 4.69) is 51.5 Å². The van der Waals surface area contributed by atoms with Crippen molar-refractivity contribution in [1.29, 1.82) is 0 Å². The fraction of sp³-hybridized carbons (Fsp3) is 0.667. The molecule has 128 valence electrons. The molecule has 0 saturated carbocycles. The number of aromatic nitrogens is 1. The van der Waals surface area contributed by atoms with E-state index in [1.54, 1.807) is 0 Å². The van der Waals surface area contributed by atoms with Gasteiger partial charge in [-0.05, 0) is 30.4 Å². The minimum atomic E-state index is 0.704. The molecular formula is C18H31N5. The topological polar surface area (TPSA) is 52.6 Å². The Balaban J connectivity index is 1.79. The van der Waals surface area contributed by atoms with Gasteiger partial charge < -0.3 is 15.5 Å². The first-order chi connectivity index (χ1) is 11.3. The summed E-state index contributed by atoms with van der Waals surface area (Å²) in [7, 11) is 1.82. The van der Waals surface area contributed by atoms with Gasteiger partial charge in [-0.15, -0.1) is 0 Å². The number of rotatable bonds is 7. The van der Waals surface area contributed by atoms with Crippen LogP contribution >= 0.6 is 0 Å². The molecule has 1 aromatic rings. The summed E-state index contributed by atoms with van der Waals surface area (Å²) in [6, 6.07) is 4.28. The molecule has 0 atom stereocenters. The maximum absolute atomic E-state index is 4.59. The molecule has 1 saturated heterocycles. The number of nitrogens with zero attached hydrogens (tertiary/aromatic N) is 3. The summed E-state index contributed by atoms with van der Waals surface area (Å²) >= 11 is 0. The zero-order chi connectivity index (χ0) is 16.5. The summed E-state index contributed by atoms with van der Waals surface area (Å²) in [4.78, 5) is 11.2. The van der Waals surface area contributed by atoms with Gasteiger partial charge in [0.25, 0.3) is 0 Å². The van der Waals surface area contributed by atoms with Gasteiger partial charge in [-0.2, -0.15) is 0 Å². The minimum absolute atomic E-state index is 0.704.